The van der Waals surface area contributed by atoms with Gasteiger partial charge in [-0.15, -0.1) is 0 Å². The van der Waals surface area contributed by atoms with Crippen LogP contribution in [0.2, 0.25) is 13.3 Å². The summed E-state index contributed by atoms with van der Waals surface area (Å²) < 4.78 is 6.80. The van der Waals surface area contributed by atoms with E-state index < -0.39 is 30.4 Å². The first-order chi connectivity index (χ1) is 11.9. The molecule has 0 spiro atoms. The molecule has 0 radical (unpaired) electrons. The SMILES string of the molecule is CCC[CH2][Sn]([CH2]CCC)([CH2]CCC)[c]1cn([C@H](C(=O)O)C(C)C)nn1. The number of aromatic nitrogens is 3. The van der Waals surface area contributed by atoms with Gasteiger partial charge < -0.3 is 0 Å². The number of carboxylic acid groups (broad SMARTS) is 1. The van der Waals surface area contributed by atoms with Gasteiger partial charge in [-0.25, -0.2) is 0 Å². The third-order valence-corrected chi connectivity index (χ3v) is 20.2. The Morgan fingerprint density at radius 3 is 1.92 bits per heavy atom. The van der Waals surface area contributed by atoms with Gasteiger partial charge in [0.15, 0.2) is 0 Å². The molecule has 5 nitrogen and oxygen atoms in total. The van der Waals surface area contributed by atoms with E-state index in [-0.39, 0.29) is 5.92 Å². The molecule has 0 fully saturated rings. The minimum atomic E-state index is -2.62. The van der Waals surface area contributed by atoms with Crippen LogP contribution in [0.4, 0.5) is 0 Å². The normalized spacial score (nSPS) is 13.4. The molecule has 1 N–H and O–H groups in total. The van der Waals surface area contributed by atoms with E-state index in [1.807, 2.05) is 20.0 Å². The van der Waals surface area contributed by atoms with Crippen molar-refractivity contribution in [3.8, 4) is 0 Å². The van der Waals surface area contributed by atoms with Crippen LogP contribution in [0, 0.1) is 5.92 Å². The molecule has 0 bridgehead atoms. The molecule has 6 heteroatoms. The quantitative estimate of drug-likeness (QED) is 0.439. The Hall–Kier alpha value is -0.591. The summed E-state index contributed by atoms with van der Waals surface area (Å²) in [6, 6.07) is -0.617. The molecule has 0 saturated heterocycles. The van der Waals surface area contributed by atoms with Crippen LogP contribution in [0.15, 0.2) is 6.20 Å². The van der Waals surface area contributed by atoms with Crippen molar-refractivity contribution in [2.24, 2.45) is 5.92 Å². The van der Waals surface area contributed by atoms with E-state index in [0.29, 0.717) is 0 Å². The van der Waals surface area contributed by atoms with Crippen LogP contribution in [0.3, 0.4) is 0 Å². The van der Waals surface area contributed by atoms with Crippen molar-refractivity contribution in [1.29, 1.82) is 0 Å². The van der Waals surface area contributed by atoms with E-state index >= 15 is 0 Å². The van der Waals surface area contributed by atoms with E-state index in [0.717, 1.165) is 0 Å². The van der Waals surface area contributed by atoms with Crippen molar-refractivity contribution in [3.63, 3.8) is 0 Å². The van der Waals surface area contributed by atoms with Crippen LogP contribution in [-0.2, 0) is 4.79 Å². The second-order valence-corrected chi connectivity index (χ2v) is 20.8. The molecule has 0 aromatic carbocycles. The van der Waals surface area contributed by atoms with Gasteiger partial charge in [-0.2, -0.15) is 0 Å². The Bertz CT molecular complexity index is 495. The van der Waals surface area contributed by atoms with Gasteiger partial charge in [0, 0.05) is 0 Å². The molecule has 0 aliphatic carbocycles. The zero-order valence-corrected chi connectivity index (χ0v) is 19.6. The van der Waals surface area contributed by atoms with E-state index in [1.54, 1.807) is 4.68 Å². The maximum absolute atomic E-state index is 11.6. The van der Waals surface area contributed by atoms with E-state index in [9.17, 15) is 9.90 Å². The zero-order valence-electron chi connectivity index (χ0n) is 16.8. The van der Waals surface area contributed by atoms with E-state index in [2.05, 4.69) is 31.1 Å². The van der Waals surface area contributed by atoms with Crippen molar-refractivity contribution in [3.05, 3.63) is 6.20 Å². The molecule has 0 unspecified atom stereocenters. The predicted molar refractivity (Wildman–Crippen MR) is 106 cm³/mol. The van der Waals surface area contributed by atoms with E-state index in [1.165, 1.54) is 55.5 Å². The molecule has 1 aromatic heterocycles. The van der Waals surface area contributed by atoms with Crippen molar-refractivity contribution in [2.75, 3.05) is 0 Å². The Balaban J connectivity index is 3.21. The minimum absolute atomic E-state index is 0.00132. The first kappa shape index (κ1) is 22.4. The molecule has 1 rings (SSSR count). The van der Waals surface area contributed by atoms with Crippen molar-refractivity contribution in [2.45, 2.75) is 92.5 Å². The number of aliphatic carboxylic acids is 1. The van der Waals surface area contributed by atoms with Crippen molar-refractivity contribution < 1.29 is 9.90 Å². The van der Waals surface area contributed by atoms with Gasteiger partial charge in [0.05, 0.1) is 0 Å². The Morgan fingerprint density at radius 2 is 1.56 bits per heavy atom. The van der Waals surface area contributed by atoms with Crippen molar-refractivity contribution in [1.82, 2.24) is 15.0 Å². The fraction of sp³-hybridized carbons (Fsp3) is 0.842. The summed E-state index contributed by atoms with van der Waals surface area (Å²) in [6.45, 7) is 10.6. The summed E-state index contributed by atoms with van der Waals surface area (Å²) in [4.78, 5) is 11.6. The number of hydrogen-bond acceptors (Lipinski definition) is 3. The molecule has 0 amide bonds. The van der Waals surface area contributed by atoms with Crippen LogP contribution in [-0.4, -0.2) is 44.4 Å². The van der Waals surface area contributed by atoms with Gasteiger partial charge >= 0.3 is 158 Å². The number of hydrogen-bond donors (Lipinski definition) is 1. The van der Waals surface area contributed by atoms with Crippen LogP contribution >= 0.6 is 0 Å². The predicted octanol–water partition coefficient (Wildman–Crippen LogP) is 4.62. The van der Waals surface area contributed by atoms with Crippen LogP contribution < -0.4 is 3.71 Å². The number of carboxylic acids is 1. The second kappa shape index (κ2) is 11.2. The maximum atomic E-state index is 11.6. The molecule has 144 valence electrons. The molecule has 0 saturated carbocycles. The summed E-state index contributed by atoms with van der Waals surface area (Å²) in [7, 11) is 0. The topological polar surface area (TPSA) is 68.0 Å². The summed E-state index contributed by atoms with van der Waals surface area (Å²) in [5.41, 5.74) is 0. The number of carbonyl (C=O) groups is 1. The van der Waals surface area contributed by atoms with Crippen LogP contribution in [0.25, 0.3) is 0 Å². The van der Waals surface area contributed by atoms with Gasteiger partial charge in [0.1, 0.15) is 0 Å². The molecule has 0 aliphatic rings. The van der Waals surface area contributed by atoms with Gasteiger partial charge in [-0.1, -0.05) is 0 Å². The summed E-state index contributed by atoms with van der Waals surface area (Å²) in [5, 5.41) is 18.4. The summed E-state index contributed by atoms with van der Waals surface area (Å²) >= 11 is -2.62. The first-order valence-corrected chi connectivity index (χ1v) is 17.5. The fourth-order valence-electron chi connectivity index (χ4n) is 3.66. The second-order valence-electron chi connectivity index (χ2n) is 7.70. The Labute approximate surface area is 157 Å². The monoisotopic (exact) mass is 459 g/mol. The van der Waals surface area contributed by atoms with Gasteiger partial charge in [0.2, 0.25) is 0 Å². The third kappa shape index (κ3) is 6.26. The molecule has 0 aliphatic heterocycles. The molecule has 1 heterocycles. The first-order valence-electron chi connectivity index (χ1n) is 10.1. The van der Waals surface area contributed by atoms with Gasteiger partial charge in [-0.3, -0.25) is 0 Å². The van der Waals surface area contributed by atoms with Crippen LogP contribution in [0.5, 0.6) is 0 Å². The summed E-state index contributed by atoms with van der Waals surface area (Å²) in [5.74, 6) is -0.818. The number of rotatable bonds is 13. The molecular weight excluding hydrogens is 421 g/mol. The van der Waals surface area contributed by atoms with Gasteiger partial charge in [0.25, 0.3) is 0 Å². The number of nitrogens with zero attached hydrogens (tertiary/aromatic N) is 3. The average molecular weight is 458 g/mol. The number of unbranched alkanes of at least 4 members (excludes halogenated alkanes) is 3. The molecular formula is C19H37N3O2Sn. The Kier molecular flexibility index (Phi) is 10.0. The molecule has 1 aromatic rings. The summed E-state index contributed by atoms with van der Waals surface area (Å²) in [6.07, 6.45) is 9.46. The molecule has 1 atom stereocenters. The van der Waals surface area contributed by atoms with Gasteiger partial charge in [-0.05, 0) is 0 Å². The van der Waals surface area contributed by atoms with Crippen molar-refractivity contribution >= 4 is 28.1 Å². The molecule has 25 heavy (non-hydrogen) atoms. The third-order valence-electron chi connectivity index (χ3n) is 5.25. The van der Waals surface area contributed by atoms with E-state index in [4.69, 9.17) is 0 Å². The van der Waals surface area contributed by atoms with Crippen LogP contribution in [0.1, 0.15) is 79.2 Å². The average Bonchev–Trinajstić information content (AvgIpc) is 3.03. The zero-order chi connectivity index (χ0) is 18.9. The fourth-order valence-corrected chi connectivity index (χ4v) is 18.7. The Morgan fingerprint density at radius 1 is 1.08 bits per heavy atom. The standard InChI is InChI=1S/C7H10N3O2.3C4H9.Sn/c1-5(2)6(7(11)12)10-4-3-8-9-10;3*1-3-4-2;/h4-6H,1-2H3,(H,11,12);3*1,3-4H2,2H3;/t6-;;;;/m0..../s1.